The second kappa shape index (κ2) is 16.7. The van der Waals surface area contributed by atoms with Crippen LogP contribution in [0.1, 0.15) is 63.1 Å². The zero-order valence-electron chi connectivity index (χ0n) is 31.9. The van der Waals surface area contributed by atoms with E-state index in [1.54, 1.807) is 35.0 Å². The standard InChI is InChI=1S/C43H45F4N5O4/c1-28(2)56-41(55)42(3,4)50-23-20-35(21-24-50)51(26-30-10-13-31(14-11-30)32-15-17-33(18-16-32)43(45,46)47)38(53)27-52-37(19-12-29-7-5-8-34(44)25-29)49-40(54)36-9-6-22-48-39(36)52/h5-11,13-18,22,25,28,35H,12,19-21,23-24,26-27H2,1-4H3. The Hall–Kier alpha value is -5.43. The molecule has 1 amide bonds. The number of halogens is 4. The second-order valence-corrected chi connectivity index (χ2v) is 14.9. The lowest BCUT2D eigenvalue weighted by atomic mass is 9.95. The van der Waals surface area contributed by atoms with Gasteiger partial charge in [0.25, 0.3) is 5.56 Å². The number of carbonyl (C=O) groups excluding carboxylic acids is 2. The first-order chi connectivity index (χ1) is 26.6. The second-order valence-electron chi connectivity index (χ2n) is 14.9. The fourth-order valence-electron chi connectivity index (χ4n) is 7.17. The molecule has 5 aromatic rings. The smallest absolute Gasteiger partial charge is 0.416 e. The third kappa shape index (κ3) is 9.32. The molecule has 0 aliphatic carbocycles. The Labute approximate surface area is 322 Å². The van der Waals surface area contributed by atoms with E-state index in [2.05, 4.69) is 14.9 Å². The van der Waals surface area contributed by atoms with Crippen LogP contribution in [0.25, 0.3) is 22.2 Å². The molecule has 3 aromatic carbocycles. The number of piperidine rings is 1. The van der Waals surface area contributed by atoms with E-state index in [0.29, 0.717) is 55.0 Å². The summed E-state index contributed by atoms with van der Waals surface area (Å²) in [5.41, 5.74) is 1.12. The van der Waals surface area contributed by atoms with Gasteiger partial charge in [-0.2, -0.15) is 18.2 Å². The van der Waals surface area contributed by atoms with Gasteiger partial charge in [-0.15, -0.1) is 0 Å². The van der Waals surface area contributed by atoms with Crippen molar-refractivity contribution in [3.63, 3.8) is 0 Å². The Morgan fingerprint density at radius 2 is 1.55 bits per heavy atom. The Morgan fingerprint density at radius 1 is 0.893 bits per heavy atom. The van der Waals surface area contributed by atoms with Crippen molar-refractivity contribution in [2.75, 3.05) is 13.1 Å². The van der Waals surface area contributed by atoms with Gasteiger partial charge in [0.15, 0.2) is 0 Å². The monoisotopic (exact) mass is 771 g/mol. The minimum Gasteiger partial charge on any atom is -0.462 e. The molecule has 0 bridgehead atoms. The number of likely N-dealkylation sites (tertiary alicyclic amines) is 1. The van der Waals surface area contributed by atoms with Crippen molar-refractivity contribution >= 4 is 22.9 Å². The molecular formula is C43H45F4N5O4. The highest BCUT2D eigenvalue weighted by Gasteiger charge is 2.40. The number of hydrogen-bond acceptors (Lipinski definition) is 7. The fraction of sp³-hybridized carbons (Fsp3) is 0.372. The Balaban J connectivity index is 1.29. The van der Waals surface area contributed by atoms with E-state index >= 15 is 0 Å². The van der Waals surface area contributed by atoms with Crippen molar-refractivity contribution in [1.29, 1.82) is 0 Å². The number of rotatable bonds is 12. The largest absolute Gasteiger partial charge is 0.462 e. The molecule has 9 nitrogen and oxygen atoms in total. The average molecular weight is 772 g/mol. The molecule has 13 heteroatoms. The van der Waals surface area contributed by atoms with Gasteiger partial charge in [0.1, 0.15) is 29.4 Å². The van der Waals surface area contributed by atoms with Gasteiger partial charge in [-0.1, -0.05) is 48.5 Å². The summed E-state index contributed by atoms with van der Waals surface area (Å²) >= 11 is 0. The van der Waals surface area contributed by atoms with E-state index in [0.717, 1.165) is 23.3 Å². The number of aromatic nitrogens is 3. The Bertz CT molecular complexity index is 2230. The topological polar surface area (TPSA) is 97.6 Å². The molecule has 1 aliphatic rings. The number of esters is 1. The van der Waals surface area contributed by atoms with Gasteiger partial charge in [-0.05, 0) is 106 Å². The first kappa shape index (κ1) is 40.2. The van der Waals surface area contributed by atoms with Gasteiger partial charge in [0.2, 0.25) is 5.91 Å². The first-order valence-corrected chi connectivity index (χ1v) is 18.7. The van der Waals surface area contributed by atoms with Crippen molar-refractivity contribution in [2.45, 2.75) is 90.3 Å². The van der Waals surface area contributed by atoms with Gasteiger partial charge >= 0.3 is 12.1 Å². The Kier molecular flexibility index (Phi) is 12.0. The predicted octanol–water partition coefficient (Wildman–Crippen LogP) is 7.63. The van der Waals surface area contributed by atoms with E-state index in [1.165, 1.54) is 24.3 Å². The number of nitrogens with zero attached hydrogens (tertiary/aromatic N) is 5. The fourth-order valence-corrected chi connectivity index (χ4v) is 7.17. The number of hydrogen-bond donors (Lipinski definition) is 0. The van der Waals surface area contributed by atoms with Gasteiger partial charge in [-0.25, -0.2) is 9.37 Å². The van der Waals surface area contributed by atoms with Crippen molar-refractivity contribution in [1.82, 2.24) is 24.3 Å². The van der Waals surface area contributed by atoms with Crippen LogP contribution in [0.4, 0.5) is 17.6 Å². The molecule has 0 atom stereocenters. The molecule has 3 heterocycles. The summed E-state index contributed by atoms with van der Waals surface area (Å²) < 4.78 is 60.7. The summed E-state index contributed by atoms with van der Waals surface area (Å²) in [5.74, 6) is -0.585. The van der Waals surface area contributed by atoms with Gasteiger partial charge in [-0.3, -0.25) is 19.3 Å². The zero-order chi connectivity index (χ0) is 40.2. The molecular weight excluding hydrogens is 726 g/mol. The van der Waals surface area contributed by atoms with Gasteiger partial charge < -0.3 is 14.2 Å². The third-order valence-electron chi connectivity index (χ3n) is 10.3. The number of benzene rings is 3. The highest BCUT2D eigenvalue weighted by atomic mass is 19.4. The van der Waals surface area contributed by atoms with E-state index in [4.69, 9.17) is 4.74 Å². The van der Waals surface area contributed by atoms with Crippen LogP contribution in [0.5, 0.6) is 0 Å². The highest BCUT2D eigenvalue weighted by Crippen LogP contribution is 2.32. The molecule has 0 radical (unpaired) electrons. The molecule has 0 saturated carbocycles. The summed E-state index contributed by atoms with van der Waals surface area (Å²) in [6.07, 6.45) is -1.37. The zero-order valence-corrected chi connectivity index (χ0v) is 31.9. The number of alkyl halides is 3. The normalized spacial score (nSPS) is 14.3. The number of pyridine rings is 1. The van der Waals surface area contributed by atoms with E-state index in [-0.39, 0.29) is 54.7 Å². The molecule has 294 valence electrons. The van der Waals surface area contributed by atoms with Gasteiger partial charge in [0, 0.05) is 38.3 Å². The molecule has 0 unspecified atom stereocenters. The number of fused-ring (bicyclic) bond motifs is 1. The predicted molar refractivity (Wildman–Crippen MR) is 205 cm³/mol. The minimum atomic E-state index is -4.43. The molecule has 1 fully saturated rings. The highest BCUT2D eigenvalue weighted by molar-refractivity contribution is 5.81. The van der Waals surface area contributed by atoms with Crippen LogP contribution in [0.3, 0.4) is 0 Å². The molecule has 1 saturated heterocycles. The molecule has 0 spiro atoms. The van der Waals surface area contributed by atoms with Crippen molar-refractivity contribution in [2.24, 2.45) is 0 Å². The van der Waals surface area contributed by atoms with Crippen molar-refractivity contribution in [3.8, 4) is 11.1 Å². The number of amides is 1. The quantitative estimate of drug-likeness (QED) is 0.0951. The van der Waals surface area contributed by atoms with E-state index < -0.39 is 22.8 Å². The van der Waals surface area contributed by atoms with Gasteiger partial charge in [0.05, 0.1) is 17.1 Å². The number of aryl methyl sites for hydroxylation is 2. The maximum Gasteiger partial charge on any atom is 0.416 e. The molecule has 0 N–H and O–H groups in total. The van der Waals surface area contributed by atoms with Crippen LogP contribution in [-0.4, -0.2) is 67.0 Å². The summed E-state index contributed by atoms with van der Waals surface area (Å²) in [7, 11) is 0. The third-order valence-corrected chi connectivity index (χ3v) is 10.3. The minimum absolute atomic E-state index is 0.171. The van der Waals surface area contributed by atoms with Crippen LogP contribution in [0.2, 0.25) is 0 Å². The maximum atomic E-state index is 14.7. The van der Waals surface area contributed by atoms with Crippen molar-refractivity contribution in [3.05, 3.63) is 130 Å². The van der Waals surface area contributed by atoms with Crippen LogP contribution in [0, 0.1) is 5.82 Å². The van der Waals surface area contributed by atoms with Crippen LogP contribution in [-0.2, 0) is 46.4 Å². The van der Waals surface area contributed by atoms with Crippen LogP contribution in [0.15, 0.2) is 95.9 Å². The Morgan fingerprint density at radius 3 is 2.18 bits per heavy atom. The lowest BCUT2D eigenvalue weighted by Crippen LogP contribution is -2.57. The summed E-state index contributed by atoms with van der Waals surface area (Å²) in [4.78, 5) is 53.6. The summed E-state index contributed by atoms with van der Waals surface area (Å²) in [6.45, 7) is 8.42. The van der Waals surface area contributed by atoms with E-state index in [9.17, 15) is 31.9 Å². The van der Waals surface area contributed by atoms with E-state index in [1.807, 2.05) is 56.9 Å². The SMILES string of the molecule is CC(C)OC(=O)C(C)(C)N1CCC(N(Cc2ccc(-c3ccc(C(F)(F)F)cc3)cc2)C(=O)Cn2c(CCc3cccc(F)c3)nc(=O)c3cccnc32)CC1. The molecule has 56 heavy (non-hydrogen) atoms. The molecule has 6 rings (SSSR count). The number of carbonyl (C=O) groups is 2. The number of ether oxygens (including phenoxy) is 1. The first-order valence-electron chi connectivity index (χ1n) is 18.7. The molecule has 1 aliphatic heterocycles. The molecule has 2 aromatic heterocycles. The van der Waals surface area contributed by atoms with Crippen LogP contribution >= 0.6 is 0 Å². The average Bonchev–Trinajstić information content (AvgIpc) is 3.17. The summed E-state index contributed by atoms with van der Waals surface area (Å²) in [6, 6.07) is 21.5. The lowest BCUT2D eigenvalue weighted by molar-refractivity contribution is -0.162. The lowest BCUT2D eigenvalue weighted by Gasteiger charge is -2.44. The van der Waals surface area contributed by atoms with Crippen LogP contribution < -0.4 is 5.56 Å². The maximum absolute atomic E-state index is 14.7. The summed E-state index contributed by atoms with van der Waals surface area (Å²) in [5, 5.41) is 0.268. The van der Waals surface area contributed by atoms with Crippen molar-refractivity contribution < 1.29 is 31.9 Å².